The molecule has 2 heterocycles. The predicted octanol–water partition coefficient (Wildman–Crippen LogP) is 3.49. The Labute approximate surface area is 149 Å². The smallest absolute Gasteiger partial charge is 0.266 e. The standard InChI is InChI=1S/C10H9F3N4.C5H4IN/c11-9-2-1-7(3-8(9)10(12)13)17-5-6(4-14)15-16-17;6-5-3-1-2-4-7-5/h1-3,5,10H,4,14H2;1-4H. The lowest BCUT2D eigenvalue weighted by atomic mass is 10.2. The molecule has 2 aromatic heterocycles. The van der Waals surface area contributed by atoms with Crippen LogP contribution in [0.25, 0.3) is 5.69 Å². The zero-order valence-corrected chi connectivity index (χ0v) is 14.4. The van der Waals surface area contributed by atoms with Crippen molar-refractivity contribution in [3.05, 3.63) is 69.6 Å². The molecule has 0 fully saturated rings. The van der Waals surface area contributed by atoms with E-state index >= 15 is 0 Å². The van der Waals surface area contributed by atoms with Crippen molar-refractivity contribution < 1.29 is 13.2 Å². The fourth-order valence-electron chi connectivity index (χ4n) is 1.70. The summed E-state index contributed by atoms with van der Waals surface area (Å²) >= 11 is 2.17. The van der Waals surface area contributed by atoms with E-state index in [1.54, 1.807) is 6.20 Å². The van der Waals surface area contributed by atoms with E-state index in [9.17, 15) is 13.2 Å². The van der Waals surface area contributed by atoms with Gasteiger partial charge < -0.3 is 5.73 Å². The summed E-state index contributed by atoms with van der Waals surface area (Å²) in [4.78, 5) is 3.97. The van der Waals surface area contributed by atoms with Crippen LogP contribution in [0.5, 0.6) is 0 Å². The first-order chi connectivity index (χ1) is 11.5. The van der Waals surface area contributed by atoms with Crippen molar-refractivity contribution in [2.24, 2.45) is 5.73 Å². The molecular formula is C15H13F3IN5. The Morgan fingerprint density at radius 2 is 2.00 bits per heavy atom. The van der Waals surface area contributed by atoms with Gasteiger partial charge in [-0.1, -0.05) is 11.3 Å². The molecule has 3 aromatic rings. The molecule has 0 saturated carbocycles. The third kappa shape index (κ3) is 4.99. The van der Waals surface area contributed by atoms with Gasteiger partial charge >= 0.3 is 0 Å². The highest BCUT2D eigenvalue weighted by Crippen LogP contribution is 2.24. The number of pyridine rings is 1. The number of hydrogen-bond donors (Lipinski definition) is 1. The van der Waals surface area contributed by atoms with E-state index in [-0.39, 0.29) is 6.54 Å². The highest BCUT2D eigenvalue weighted by atomic mass is 127. The Bertz CT molecular complexity index is 780. The van der Waals surface area contributed by atoms with Crippen LogP contribution in [0, 0.1) is 9.52 Å². The van der Waals surface area contributed by atoms with Crippen LogP contribution in [-0.2, 0) is 6.54 Å². The van der Waals surface area contributed by atoms with Crippen molar-refractivity contribution >= 4 is 22.6 Å². The van der Waals surface area contributed by atoms with Crippen molar-refractivity contribution in [3.8, 4) is 5.69 Å². The average molecular weight is 447 g/mol. The SMILES string of the molecule is Ic1ccccn1.NCc1cn(-c2ccc(F)c(C(F)F)c2)nn1. The lowest BCUT2D eigenvalue weighted by Gasteiger charge is -2.05. The van der Waals surface area contributed by atoms with Crippen LogP contribution >= 0.6 is 22.6 Å². The Morgan fingerprint density at radius 1 is 1.21 bits per heavy atom. The zero-order chi connectivity index (χ0) is 17.5. The van der Waals surface area contributed by atoms with Gasteiger partial charge in [0, 0.05) is 12.7 Å². The van der Waals surface area contributed by atoms with Gasteiger partial charge in [0.1, 0.15) is 9.52 Å². The molecule has 0 bridgehead atoms. The normalized spacial score (nSPS) is 10.4. The van der Waals surface area contributed by atoms with E-state index in [0.29, 0.717) is 11.4 Å². The molecule has 0 saturated heterocycles. The molecule has 0 aliphatic carbocycles. The van der Waals surface area contributed by atoms with Gasteiger partial charge in [-0.25, -0.2) is 17.9 Å². The second-order valence-electron chi connectivity index (χ2n) is 4.52. The molecule has 0 aliphatic heterocycles. The molecule has 24 heavy (non-hydrogen) atoms. The fourth-order valence-corrected chi connectivity index (χ4v) is 2.07. The summed E-state index contributed by atoms with van der Waals surface area (Å²) < 4.78 is 40.4. The molecule has 3 rings (SSSR count). The molecule has 0 radical (unpaired) electrons. The zero-order valence-electron chi connectivity index (χ0n) is 12.3. The van der Waals surface area contributed by atoms with Crippen LogP contribution < -0.4 is 5.73 Å². The van der Waals surface area contributed by atoms with Crippen LogP contribution in [0.4, 0.5) is 13.2 Å². The quantitative estimate of drug-likeness (QED) is 0.493. The molecular weight excluding hydrogens is 434 g/mol. The summed E-state index contributed by atoms with van der Waals surface area (Å²) in [7, 11) is 0. The van der Waals surface area contributed by atoms with Crippen LogP contribution in [-0.4, -0.2) is 20.0 Å². The summed E-state index contributed by atoms with van der Waals surface area (Å²) in [5, 5.41) is 7.42. The highest BCUT2D eigenvalue weighted by molar-refractivity contribution is 14.1. The monoisotopic (exact) mass is 447 g/mol. The maximum absolute atomic E-state index is 13.1. The molecule has 0 atom stereocenters. The van der Waals surface area contributed by atoms with Gasteiger partial charge in [-0.2, -0.15) is 0 Å². The van der Waals surface area contributed by atoms with Crippen molar-refractivity contribution in [1.82, 2.24) is 20.0 Å². The van der Waals surface area contributed by atoms with E-state index in [2.05, 4.69) is 37.9 Å². The second kappa shape index (κ2) is 8.73. The fraction of sp³-hybridized carbons (Fsp3) is 0.133. The molecule has 126 valence electrons. The van der Waals surface area contributed by atoms with Gasteiger partial charge in [-0.15, -0.1) is 5.10 Å². The van der Waals surface area contributed by atoms with Gasteiger partial charge in [0.05, 0.1) is 23.1 Å². The Kier molecular flexibility index (Phi) is 6.67. The van der Waals surface area contributed by atoms with E-state index in [4.69, 9.17) is 5.73 Å². The number of halogens is 4. The van der Waals surface area contributed by atoms with Gasteiger partial charge in [0.25, 0.3) is 6.43 Å². The Morgan fingerprint density at radius 3 is 2.50 bits per heavy atom. The first-order valence-electron chi connectivity index (χ1n) is 6.77. The molecule has 2 N–H and O–H groups in total. The number of nitrogens with two attached hydrogens (primary N) is 1. The van der Waals surface area contributed by atoms with Crippen molar-refractivity contribution in [3.63, 3.8) is 0 Å². The maximum Gasteiger partial charge on any atom is 0.266 e. The van der Waals surface area contributed by atoms with Crippen molar-refractivity contribution in [2.45, 2.75) is 13.0 Å². The molecule has 0 unspecified atom stereocenters. The minimum atomic E-state index is -2.87. The van der Waals surface area contributed by atoms with E-state index in [1.807, 2.05) is 18.2 Å². The maximum atomic E-state index is 13.1. The molecule has 0 amide bonds. The van der Waals surface area contributed by atoms with E-state index < -0.39 is 17.8 Å². The topological polar surface area (TPSA) is 69.6 Å². The third-order valence-electron chi connectivity index (χ3n) is 2.86. The van der Waals surface area contributed by atoms with Crippen molar-refractivity contribution in [2.75, 3.05) is 0 Å². The van der Waals surface area contributed by atoms with Gasteiger partial charge in [-0.3, -0.25) is 4.98 Å². The lowest BCUT2D eigenvalue weighted by Crippen LogP contribution is -1.99. The Hall–Kier alpha value is -2.01. The number of alkyl halides is 2. The van der Waals surface area contributed by atoms with Crippen molar-refractivity contribution in [1.29, 1.82) is 0 Å². The largest absolute Gasteiger partial charge is 0.325 e. The summed E-state index contributed by atoms with van der Waals surface area (Å²) in [6, 6.07) is 9.18. The highest BCUT2D eigenvalue weighted by Gasteiger charge is 2.14. The molecule has 0 aliphatic rings. The van der Waals surface area contributed by atoms with Crippen LogP contribution in [0.1, 0.15) is 17.7 Å². The summed E-state index contributed by atoms with van der Waals surface area (Å²) in [6.07, 6.45) is 0.414. The number of aromatic nitrogens is 4. The van der Waals surface area contributed by atoms with Crippen LogP contribution in [0.15, 0.2) is 48.8 Å². The predicted molar refractivity (Wildman–Crippen MR) is 91.1 cm³/mol. The van der Waals surface area contributed by atoms with E-state index in [1.165, 1.54) is 16.9 Å². The van der Waals surface area contributed by atoms with Crippen LogP contribution in [0.3, 0.4) is 0 Å². The number of nitrogens with zero attached hydrogens (tertiary/aromatic N) is 4. The molecule has 9 heteroatoms. The van der Waals surface area contributed by atoms with Gasteiger partial charge in [0.2, 0.25) is 0 Å². The first-order valence-corrected chi connectivity index (χ1v) is 7.85. The first kappa shape index (κ1) is 18.3. The van der Waals surface area contributed by atoms with Crippen LogP contribution in [0.2, 0.25) is 0 Å². The molecule has 5 nitrogen and oxygen atoms in total. The third-order valence-corrected chi connectivity index (χ3v) is 3.50. The lowest BCUT2D eigenvalue weighted by molar-refractivity contribution is 0.146. The summed E-state index contributed by atoms with van der Waals surface area (Å²) in [5.41, 5.74) is 5.52. The van der Waals surface area contributed by atoms with Gasteiger partial charge in [-0.05, 0) is 52.9 Å². The number of benzene rings is 1. The number of rotatable bonds is 3. The summed E-state index contributed by atoms with van der Waals surface area (Å²) in [5.74, 6) is -0.942. The molecule has 1 aromatic carbocycles. The molecule has 0 spiro atoms. The van der Waals surface area contributed by atoms with E-state index in [0.717, 1.165) is 15.8 Å². The summed E-state index contributed by atoms with van der Waals surface area (Å²) in [6.45, 7) is 0.197. The minimum Gasteiger partial charge on any atom is -0.325 e. The number of hydrogen-bond acceptors (Lipinski definition) is 4. The average Bonchev–Trinajstić information content (AvgIpc) is 3.05. The second-order valence-corrected chi connectivity index (χ2v) is 5.62. The van der Waals surface area contributed by atoms with Gasteiger partial charge in [0.15, 0.2) is 0 Å². The minimum absolute atomic E-state index is 0.197. The Balaban J connectivity index is 0.000000249.